The van der Waals surface area contributed by atoms with Crippen molar-refractivity contribution in [1.29, 1.82) is 0 Å². The number of para-hydroxylation sites is 1. The standard InChI is InChI=1S/C31H25BrN4O3/c32-24-16-17-27-23(18-24)19-28(29(37)34-25-14-8-3-9-15-25)36(27)35-31(39)30(38)33-20-26(21-10-4-1-5-11-21)22-12-6-2-7-13-22/h1-19,26H,20H2,(H,33,38)(H,34,37)(H,35,39). The minimum absolute atomic E-state index is 0.138. The number of rotatable bonds is 7. The van der Waals surface area contributed by atoms with Crippen LogP contribution in [0.15, 0.2) is 120 Å². The molecule has 8 heteroatoms. The van der Waals surface area contributed by atoms with Gasteiger partial charge in [0.1, 0.15) is 5.69 Å². The van der Waals surface area contributed by atoms with E-state index in [1.807, 2.05) is 84.9 Å². The Morgan fingerprint density at radius 3 is 1.92 bits per heavy atom. The fraction of sp³-hybridized carbons (Fsp3) is 0.0645. The molecule has 1 heterocycles. The fourth-order valence-electron chi connectivity index (χ4n) is 4.42. The van der Waals surface area contributed by atoms with Crippen LogP contribution in [0.5, 0.6) is 0 Å². The number of carbonyl (C=O) groups is 3. The summed E-state index contributed by atoms with van der Waals surface area (Å²) in [6.45, 7) is 0.223. The molecule has 0 bridgehead atoms. The van der Waals surface area contributed by atoms with Crippen molar-refractivity contribution < 1.29 is 14.4 Å². The van der Waals surface area contributed by atoms with Gasteiger partial charge in [-0.2, -0.15) is 0 Å². The summed E-state index contributed by atoms with van der Waals surface area (Å²) < 4.78 is 2.16. The number of hydrogen-bond acceptors (Lipinski definition) is 3. The Bertz CT molecular complexity index is 1580. The number of benzene rings is 4. The molecule has 0 atom stereocenters. The van der Waals surface area contributed by atoms with Crippen molar-refractivity contribution in [3.8, 4) is 0 Å². The van der Waals surface area contributed by atoms with E-state index in [4.69, 9.17) is 0 Å². The summed E-state index contributed by atoms with van der Waals surface area (Å²) in [5.74, 6) is -2.26. The molecule has 3 N–H and O–H groups in total. The lowest BCUT2D eigenvalue weighted by atomic mass is 9.91. The van der Waals surface area contributed by atoms with E-state index >= 15 is 0 Å². The molecule has 5 rings (SSSR count). The van der Waals surface area contributed by atoms with Crippen LogP contribution in [-0.2, 0) is 9.59 Å². The number of fused-ring (bicyclic) bond motifs is 1. The molecule has 0 aliphatic carbocycles. The van der Waals surface area contributed by atoms with Gasteiger partial charge < -0.3 is 10.6 Å². The minimum Gasteiger partial charge on any atom is -0.347 e. The van der Waals surface area contributed by atoms with Crippen molar-refractivity contribution in [3.63, 3.8) is 0 Å². The molecule has 0 fully saturated rings. The highest BCUT2D eigenvalue weighted by molar-refractivity contribution is 9.10. The van der Waals surface area contributed by atoms with Gasteiger partial charge >= 0.3 is 11.8 Å². The lowest BCUT2D eigenvalue weighted by molar-refractivity contribution is -0.136. The van der Waals surface area contributed by atoms with Crippen molar-refractivity contribution in [3.05, 3.63) is 137 Å². The second-order valence-electron chi connectivity index (χ2n) is 8.91. The van der Waals surface area contributed by atoms with Crippen molar-refractivity contribution in [1.82, 2.24) is 9.99 Å². The third-order valence-corrected chi connectivity index (χ3v) is 6.81. The van der Waals surface area contributed by atoms with Gasteiger partial charge in [0.25, 0.3) is 5.91 Å². The van der Waals surface area contributed by atoms with Gasteiger partial charge in [-0.3, -0.25) is 19.8 Å². The first-order valence-electron chi connectivity index (χ1n) is 12.4. The van der Waals surface area contributed by atoms with Crippen LogP contribution in [0.25, 0.3) is 10.9 Å². The van der Waals surface area contributed by atoms with E-state index in [9.17, 15) is 14.4 Å². The van der Waals surface area contributed by atoms with E-state index in [1.165, 1.54) is 4.68 Å². The monoisotopic (exact) mass is 580 g/mol. The lowest BCUT2D eigenvalue weighted by Crippen LogP contribution is -2.41. The third kappa shape index (κ3) is 6.08. The molecule has 0 aliphatic rings. The molecule has 194 valence electrons. The number of aromatic nitrogens is 1. The van der Waals surface area contributed by atoms with Crippen molar-refractivity contribution in [2.45, 2.75) is 5.92 Å². The zero-order valence-corrected chi connectivity index (χ0v) is 22.4. The van der Waals surface area contributed by atoms with Crippen molar-refractivity contribution in [2.75, 3.05) is 17.3 Å². The van der Waals surface area contributed by atoms with Crippen LogP contribution in [0.1, 0.15) is 27.5 Å². The van der Waals surface area contributed by atoms with Crippen LogP contribution in [0.3, 0.4) is 0 Å². The Morgan fingerprint density at radius 1 is 0.718 bits per heavy atom. The summed E-state index contributed by atoms with van der Waals surface area (Å²) in [6.07, 6.45) is 0. The summed E-state index contributed by atoms with van der Waals surface area (Å²) in [7, 11) is 0. The van der Waals surface area contributed by atoms with Crippen molar-refractivity contribution in [2.24, 2.45) is 0 Å². The van der Waals surface area contributed by atoms with E-state index < -0.39 is 17.7 Å². The van der Waals surface area contributed by atoms with Gasteiger partial charge in [-0.1, -0.05) is 94.8 Å². The second-order valence-corrected chi connectivity index (χ2v) is 9.83. The van der Waals surface area contributed by atoms with E-state index in [2.05, 4.69) is 32.0 Å². The molecule has 0 unspecified atom stereocenters. The number of nitrogens with one attached hydrogen (secondary N) is 3. The van der Waals surface area contributed by atoms with Crippen LogP contribution >= 0.6 is 15.9 Å². The lowest BCUT2D eigenvalue weighted by Gasteiger charge is -2.19. The topological polar surface area (TPSA) is 92.2 Å². The van der Waals surface area contributed by atoms with Gasteiger partial charge in [0.15, 0.2) is 0 Å². The number of carbonyl (C=O) groups excluding carboxylic acids is 3. The molecule has 0 radical (unpaired) electrons. The average Bonchev–Trinajstić information content (AvgIpc) is 3.32. The second kappa shape index (κ2) is 11.8. The predicted molar refractivity (Wildman–Crippen MR) is 156 cm³/mol. The molecular weight excluding hydrogens is 556 g/mol. The van der Waals surface area contributed by atoms with Gasteiger partial charge in [-0.25, -0.2) is 4.68 Å². The summed E-state index contributed by atoms with van der Waals surface area (Å²) in [5.41, 5.74) is 6.01. The van der Waals surface area contributed by atoms with Gasteiger partial charge in [0.2, 0.25) is 0 Å². The maximum Gasteiger partial charge on any atom is 0.328 e. The van der Waals surface area contributed by atoms with E-state index in [0.717, 1.165) is 21.0 Å². The first kappa shape index (κ1) is 25.9. The van der Waals surface area contributed by atoms with Crippen LogP contribution in [0.2, 0.25) is 0 Å². The normalized spacial score (nSPS) is 10.8. The number of amides is 3. The minimum atomic E-state index is -0.885. The van der Waals surface area contributed by atoms with Gasteiger partial charge in [-0.15, -0.1) is 0 Å². The van der Waals surface area contributed by atoms with Gasteiger partial charge in [-0.05, 0) is 47.5 Å². The molecule has 5 aromatic rings. The van der Waals surface area contributed by atoms with Crippen LogP contribution in [0.4, 0.5) is 5.69 Å². The van der Waals surface area contributed by atoms with E-state index in [0.29, 0.717) is 11.2 Å². The molecule has 39 heavy (non-hydrogen) atoms. The number of nitrogens with zero attached hydrogens (tertiary/aromatic N) is 1. The fourth-order valence-corrected chi connectivity index (χ4v) is 4.80. The van der Waals surface area contributed by atoms with Crippen LogP contribution < -0.4 is 16.1 Å². The molecule has 1 aromatic heterocycles. The smallest absolute Gasteiger partial charge is 0.328 e. The Balaban J connectivity index is 1.36. The molecule has 4 aromatic carbocycles. The quantitative estimate of drug-likeness (QED) is 0.216. The summed E-state index contributed by atoms with van der Waals surface area (Å²) in [4.78, 5) is 39.2. The van der Waals surface area contributed by atoms with Gasteiger partial charge in [0, 0.05) is 28.0 Å². The Kier molecular flexibility index (Phi) is 7.84. The Labute approximate surface area is 234 Å². The largest absolute Gasteiger partial charge is 0.347 e. The first-order valence-corrected chi connectivity index (χ1v) is 13.2. The Hall–Kier alpha value is -4.69. The van der Waals surface area contributed by atoms with Crippen LogP contribution in [0, 0.1) is 0 Å². The SMILES string of the molecule is O=C(NCC(c1ccccc1)c1ccccc1)C(=O)Nn1c(C(=O)Nc2ccccc2)cc2cc(Br)ccc21. The number of halogens is 1. The van der Waals surface area contributed by atoms with Crippen LogP contribution in [-0.4, -0.2) is 28.9 Å². The summed E-state index contributed by atoms with van der Waals surface area (Å²) in [5, 5.41) is 6.31. The highest BCUT2D eigenvalue weighted by Gasteiger charge is 2.22. The summed E-state index contributed by atoms with van der Waals surface area (Å²) >= 11 is 3.44. The number of anilines is 1. The molecule has 0 saturated heterocycles. The predicted octanol–water partition coefficient (Wildman–Crippen LogP) is 5.67. The van der Waals surface area contributed by atoms with Gasteiger partial charge in [0.05, 0.1) is 5.52 Å². The average molecular weight is 581 g/mol. The zero-order valence-electron chi connectivity index (χ0n) is 20.8. The van der Waals surface area contributed by atoms with Crippen molar-refractivity contribution >= 4 is 50.2 Å². The molecular formula is C31H25BrN4O3. The molecule has 0 spiro atoms. The van der Waals surface area contributed by atoms with E-state index in [-0.39, 0.29) is 18.2 Å². The number of hydrogen-bond donors (Lipinski definition) is 3. The maximum absolute atomic E-state index is 13.2. The molecule has 7 nitrogen and oxygen atoms in total. The molecule has 0 saturated carbocycles. The first-order chi connectivity index (χ1) is 19.0. The highest BCUT2D eigenvalue weighted by atomic mass is 79.9. The van der Waals surface area contributed by atoms with E-state index in [1.54, 1.807) is 30.3 Å². The maximum atomic E-state index is 13.2. The molecule has 3 amide bonds. The highest BCUT2D eigenvalue weighted by Crippen LogP contribution is 2.25. The summed E-state index contributed by atoms with van der Waals surface area (Å²) in [6, 6.07) is 35.7. The zero-order chi connectivity index (χ0) is 27.2. The third-order valence-electron chi connectivity index (χ3n) is 6.32. The molecule has 0 aliphatic heterocycles. The Morgan fingerprint density at radius 2 is 1.31 bits per heavy atom.